The van der Waals surface area contributed by atoms with Gasteiger partial charge >= 0.3 is 5.97 Å². The van der Waals surface area contributed by atoms with Crippen LogP contribution in [0.1, 0.15) is 21.6 Å². The number of aromatic amines is 1. The molecule has 0 unspecified atom stereocenters. The van der Waals surface area contributed by atoms with Crippen LogP contribution in [0.3, 0.4) is 0 Å². The van der Waals surface area contributed by atoms with E-state index in [1.165, 1.54) is 13.2 Å². The van der Waals surface area contributed by atoms with E-state index < -0.39 is 5.97 Å². The molecule has 0 aliphatic carbocycles. The molecular weight excluding hydrogens is 316 g/mol. The van der Waals surface area contributed by atoms with Crippen LogP contribution in [0.5, 0.6) is 5.75 Å². The lowest BCUT2D eigenvalue weighted by molar-refractivity contribution is 0.0693. The zero-order valence-electron chi connectivity index (χ0n) is 12.2. The van der Waals surface area contributed by atoms with E-state index in [4.69, 9.17) is 16.3 Å². The van der Waals surface area contributed by atoms with Crippen molar-refractivity contribution in [2.24, 2.45) is 0 Å². The first kappa shape index (κ1) is 15.1. The lowest BCUT2D eigenvalue weighted by Gasteiger charge is -2.06. The van der Waals surface area contributed by atoms with Crippen LogP contribution >= 0.6 is 11.6 Å². The zero-order chi connectivity index (χ0) is 16.4. The van der Waals surface area contributed by atoms with Crippen molar-refractivity contribution < 1.29 is 14.6 Å². The molecule has 3 aromatic rings. The summed E-state index contributed by atoms with van der Waals surface area (Å²) in [4.78, 5) is 11.3. The monoisotopic (exact) mass is 328 g/mol. The minimum absolute atomic E-state index is 0.0996. The number of ether oxygens (including phenoxy) is 1. The molecule has 3 rings (SSSR count). The molecule has 1 heterocycles. The van der Waals surface area contributed by atoms with Crippen LogP contribution in [-0.2, 0) is 0 Å². The Hall–Kier alpha value is -2.79. The number of carboxylic acid groups (broad SMARTS) is 1. The van der Waals surface area contributed by atoms with Crippen LogP contribution in [-0.4, -0.2) is 28.4 Å². The van der Waals surface area contributed by atoms with Gasteiger partial charge in [-0.15, -0.1) is 0 Å². The van der Waals surface area contributed by atoms with Crippen molar-refractivity contribution in [3.63, 3.8) is 0 Å². The fourth-order valence-electron chi connectivity index (χ4n) is 2.36. The van der Waals surface area contributed by atoms with Gasteiger partial charge in [0.1, 0.15) is 11.3 Å². The average Bonchev–Trinajstić information content (AvgIpc) is 2.96. The summed E-state index contributed by atoms with van der Waals surface area (Å²) < 4.78 is 5.29. The molecule has 0 fully saturated rings. The smallest absolute Gasteiger partial charge is 0.339 e. The molecule has 2 N–H and O–H groups in total. The summed E-state index contributed by atoms with van der Waals surface area (Å²) in [5.74, 6) is -0.753. The summed E-state index contributed by atoms with van der Waals surface area (Å²) in [7, 11) is 1.45. The Morgan fingerprint density at radius 1 is 1.22 bits per heavy atom. The molecule has 5 nitrogen and oxygen atoms in total. The number of H-pyrrole nitrogens is 1. The maximum Gasteiger partial charge on any atom is 0.339 e. The summed E-state index contributed by atoms with van der Waals surface area (Å²) >= 11 is 5.86. The van der Waals surface area contributed by atoms with E-state index in [9.17, 15) is 9.90 Å². The van der Waals surface area contributed by atoms with Gasteiger partial charge in [0.25, 0.3) is 0 Å². The average molecular weight is 329 g/mol. The molecule has 0 saturated heterocycles. The van der Waals surface area contributed by atoms with Gasteiger partial charge in [-0.05, 0) is 35.9 Å². The van der Waals surface area contributed by atoms with Gasteiger partial charge < -0.3 is 9.84 Å². The number of hydrogen-bond donors (Lipinski definition) is 2. The number of rotatable bonds is 4. The molecule has 2 aromatic carbocycles. The number of hydrogen-bond acceptors (Lipinski definition) is 3. The lowest BCUT2D eigenvalue weighted by atomic mass is 10.1. The fourth-order valence-corrected chi connectivity index (χ4v) is 2.48. The first-order valence-corrected chi connectivity index (χ1v) is 7.20. The Bertz CT molecular complexity index is 898. The largest absolute Gasteiger partial charge is 0.495 e. The third-order valence-electron chi connectivity index (χ3n) is 3.45. The lowest BCUT2D eigenvalue weighted by Crippen LogP contribution is -2.00. The molecule has 0 aliphatic heterocycles. The van der Waals surface area contributed by atoms with E-state index in [-0.39, 0.29) is 5.56 Å². The van der Waals surface area contributed by atoms with E-state index in [0.717, 1.165) is 5.56 Å². The second kappa shape index (κ2) is 6.14. The Balaban J connectivity index is 2.09. The highest BCUT2D eigenvalue weighted by Gasteiger charge is 2.17. The predicted octanol–water partition coefficient (Wildman–Crippen LogP) is 4.09. The van der Waals surface area contributed by atoms with Gasteiger partial charge in [0.2, 0.25) is 0 Å². The highest BCUT2D eigenvalue weighted by Crippen LogP contribution is 2.32. The van der Waals surface area contributed by atoms with Crippen LogP contribution in [0.15, 0.2) is 36.4 Å². The Morgan fingerprint density at radius 2 is 1.96 bits per heavy atom. The van der Waals surface area contributed by atoms with Gasteiger partial charge in [0, 0.05) is 5.02 Å². The molecule has 116 valence electrons. The van der Waals surface area contributed by atoms with E-state index in [1.54, 1.807) is 24.3 Å². The number of aromatic carboxylic acids is 1. The van der Waals surface area contributed by atoms with Crippen LogP contribution in [0.2, 0.25) is 5.02 Å². The minimum atomic E-state index is -1.04. The van der Waals surface area contributed by atoms with E-state index in [1.807, 2.05) is 18.2 Å². The maximum absolute atomic E-state index is 11.3. The fraction of sp³-hybridized carbons (Fsp3) is 0.0588. The summed E-state index contributed by atoms with van der Waals surface area (Å²) in [6, 6.07) is 10.5. The Morgan fingerprint density at radius 3 is 2.61 bits per heavy atom. The van der Waals surface area contributed by atoms with Gasteiger partial charge in [-0.2, -0.15) is 5.10 Å². The van der Waals surface area contributed by atoms with Crippen molar-refractivity contribution in [2.45, 2.75) is 0 Å². The standard InChI is InChI=1S/C17H13ClN2O3/c1-23-16-12(17(21)22)7-9-14-15(16)13(19-20-14)8-4-10-2-5-11(18)6-3-10/h2-9H,1H3,(H,19,20)(H,21,22). The van der Waals surface area contributed by atoms with Crippen LogP contribution in [0.4, 0.5) is 0 Å². The Kier molecular flexibility index (Phi) is 4.04. The molecule has 0 spiro atoms. The molecule has 0 bridgehead atoms. The number of carbonyl (C=O) groups is 1. The number of halogens is 1. The number of nitrogens with zero attached hydrogens (tertiary/aromatic N) is 1. The van der Waals surface area contributed by atoms with E-state index in [2.05, 4.69) is 10.2 Å². The molecule has 0 atom stereocenters. The van der Waals surface area contributed by atoms with Crippen LogP contribution < -0.4 is 4.74 Å². The SMILES string of the molecule is COc1c(C(=O)O)ccc2[nH]nc(C=Cc3ccc(Cl)cc3)c12. The van der Waals surface area contributed by atoms with Gasteiger partial charge in [-0.3, -0.25) is 5.10 Å². The Labute approximate surface area is 137 Å². The van der Waals surface area contributed by atoms with Crippen molar-refractivity contribution in [1.82, 2.24) is 10.2 Å². The number of methoxy groups -OCH3 is 1. The molecule has 0 aliphatic rings. The van der Waals surface area contributed by atoms with Crippen molar-refractivity contribution in [2.75, 3.05) is 7.11 Å². The minimum Gasteiger partial charge on any atom is -0.495 e. The number of aromatic nitrogens is 2. The quantitative estimate of drug-likeness (QED) is 0.756. The molecule has 6 heteroatoms. The topological polar surface area (TPSA) is 75.2 Å². The maximum atomic E-state index is 11.3. The first-order chi connectivity index (χ1) is 11.1. The van der Waals surface area contributed by atoms with E-state index in [0.29, 0.717) is 27.4 Å². The predicted molar refractivity (Wildman–Crippen MR) is 90.0 cm³/mol. The summed E-state index contributed by atoms with van der Waals surface area (Å²) in [6.45, 7) is 0. The summed E-state index contributed by atoms with van der Waals surface area (Å²) in [5, 5.41) is 17.7. The van der Waals surface area contributed by atoms with E-state index >= 15 is 0 Å². The second-order valence-corrected chi connectivity index (χ2v) is 5.30. The third-order valence-corrected chi connectivity index (χ3v) is 3.70. The highest BCUT2D eigenvalue weighted by atomic mass is 35.5. The molecule has 0 amide bonds. The zero-order valence-corrected chi connectivity index (χ0v) is 13.0. The van der Waals surface area contributed by atoms with Crippen molar-refractivity contribution in [1.29, 1.82) is 0 Å². The summed E-state index contributed by atoms with van der Waals surface area (Å²) in [6.07, 6.45) is 3.68. The van der Waals surface area contributed by atoms with Crippen LogP contribution in [0.25, 0.3) is 23.1 Å². The molecular formula is C17H13ClN2O3. The molecule has 23 heavy (non-hydrogen) atoms. The number of carboxylic acids is 1. The first-order valence-electron chi connectivity index (χ1n) is 6.82. The highest BCUT2D eigenvalue weighted by molar-refractivity contribution is 6.30. The number of benzene rings is 2. The molecule has 1 aromatic heterocycles. The second-order valence-electron chi connectivity index (χ2n) is 4.87. The summed E-state index contributed by atoms with van der Waals surface area (Å²) in [5.41, 5.74) is 2.37. The number of nitrogens with one attached hydrogen (secondary N) is 1. The normalized spacial score (nSPS) is 11.2. The van der Waals surface area contributed by atoms with Crippen molar-refractivity contribution in [3.8, 4) is 5.75 Å². The third kappa shape index (κ3) is 2.91. The van der Waals surface area contributed by atoms with Crippen molar-refractivity contribution >= 4 is 40.6 Å². The van der Waals surface area contributed by atoms with Crippen molar-refractivity contribution in [3.05, 3.63) is 58.2 Å². The number of fused-ring (bicyclic) bond motifs is 1. The van der Waals surface area contributed by atoms with Gasteiger partial charge in [-0.25, -0.2) is 4.79 Å². The molecule has 0 radical (unpaired) electrons. The van der Waals surface area contributed by atoms with Crippen LogP contribution in [0, 0.1) is 0 Å². The molecule has 0 saturated carbocycles. The van der Waals surface area contributed by atoms with Gasteiger partial charge in [0.15, 0.2) is 0 Å². The van der Waals surface area contributed by atoms with Gasteiger partial charge in [0.05, 0.1) is 23.7 Å². The van der Waals surface area contributed by atoms with Gasteiger partial charge in [-0.1, -0.05) is 29.8 Å².